The van der Waals surface area contributed by atoms with Crippen molar-refractivity contribution in [1.29, 1.82) is 0 Å². The molecule has 3 aromatic rings. The van der Waals surface area contributed by atoms with Crippen LogP contribution in [0.1, 0.15) is 5.56 Å². The van der Waals surface area contributed by atoms with E-state index in [1.807, 2.05) is 36.4 Å². The standard InChI is InChI=1S/C16H13ClN4OS/c17-12-5-3-4-11(8-12)9-18-19-10-15(22)21-16-20-13-6-1-2-7-14(13)23-16/h1-9,19H,10H2,(H,20,21,22)/b18-9+. The van der Waals surface area contributed by atoms with Crippen LogP contribution in [0.2, 0.25) is 5.02 Å². The Morgan fingerprint density at radius 3 is 2.96 bits per heavy atom. The van der Waals surface area contributed by atoms with Crippen molar-refractivity contribution in [3.63, 3.8) is 0 Å². The number of aromatic nitrogens is 1. The summed E-state index contributed by atoms with van der Waals surface area (Å²) in [5, 5.41) is 7.97. The number of benzene rings is 2. The number of thiazole rings is 1. The van der Waals surface area contributed by atoms with E-state index >= 15 is 0 Å². The second kappa shape index (κ2) is 7.21. The van der Waals surface area contributed by atoms with E-state index in [1.54, 1.807) is 18.3 Å². The topological polar surface area (TPSA) is 66.4 Å². The zero-order chi connectivity index (χ0) is 16.1. The number of hydrogen-bond acceptors (Lipinski definition) is 5. The van der Waals surface area contributed by atoms with Crippen LogP contribution < -0.4 is 10.7 Å². The maximum absolute atomic E-state index is 11.9. The van der Waals surface area contributed by atoms with Gasteiger partial charge in [0.25, 0.3) is 0 Å². The number of para-hydroxylation sites is 1. The summed E-state index contributed by atoms with van der Waals surface area (Å²) < 4.78 is 1.04. The molecule has 0 aliphatic carbocycles. The van der Waals surface area contributed by atoms with Gasteiger partial charge in [0.2, 0.25) is 5.91 Å². The van der Waals surface area contributed by atoms with Gasteiger partial charge < -0.3 is 10.7 Å². The highest BCUT2D eigenvalue weighted by Crippen LogP contribution is 2.25. The smallest absolute Gasteiger partial charge is 0.247 e. The molecule has 0 saturated heterocycles. The van der Waals surface area contributed by atoms with Gasteiger partial charge in [0.1, 0.15) is 6.54 Å². The van der Waals surface area contributed by atoms with Crippen LogP contribution in [0.15, 0.2) is 53.6 Å². The molecule has 1 amide bonds. The lowest BCUT2D eigenvalue weighted by Gasteiger charge is -2.00. The Hall–Kier alpha value is -2.44. The van der Waals surface area contributed by atoms with E-state index in [0.717, 1.165) is 15.8 Å². The van der Waals surface area contributed by atoms with Crippen molar-refractivity contribution in [3.05, 3.63) is 59.1 Å². The van der Waals surface area contributed by atoms with Gasteiger partial charge >= 0.3 is 0 Å². The summed E-state index contributed by atoms with van der Waals surface area (Å²) in [5.41, 5.74) is 4.43. The second-order valence-corrected chi connectivity index (χ2v) is 6.15. The molecule has 0 aliphatic rings. The minimum Gasteiger partial charge on any atom is -0.301 e. The molecule has 0 aliphatic heterocycles. The second-order valence-electron chi connectivity index (χ2n) is 4.68. The first-order valence-corrected chi connectivity index (χ1v) is 8.07. The van der Waals surface area contributed by atoms with Crippen molar-refractivity contribution in [1.82, 2.24) is 10.4 Å². The number of nitrogens with zero attached hydrogens (tertiary/aromatic N) is 2. The first-order valence-electron chi connectivity index (χ1n) is 6.87. The van der Waals surface area contributed by atoms with Crippen LogP contribution in [0, 0.1) is 0 Å². The summed E-state index contributed by atoms with van der Waals surface area (Å²) in [4.78, 5) is 16.2. The first-order chi connectivity index (χ1) is 11.2. The molecule has 23 heavy (non-hydrogen) atoms. The summed E-state index contributed by atoms with van der Waals surface area (Å²) >= 11 is 7.32. The van der Waals surface area contributed by atoms with Gasteiger partial charge in [-0.3, -0.25) is 4.79 Å². The average molecular weight is 345 g/mol. The molecule has 0 spiro atoms. The fourth-order valence-corrected chi connectivity index (χ4v) is 2.99. The number of rotatable bonds is 5. The number of hydrogen-bond donors (Lipinski definition) is 2. The summed E-state index contributed by atoms with van der Waals surface area (Å²) in [5.74, 6) is -0.202. The van der Waals surface area contributed by atoms with Crippen LogP contribution in [-0.2, 0) is 4.79 Å². The number of amides is 1. The zero-order valence-electron chi connectivity index (χ0n) is 12.0. The number of hydrazone groups is 1. The SMILES string of the molecule is O=C(CN/N=C/c1cccc(Cl)c1)Nc1nc2ccccc2s1. The average Bonchev–Trinajstić information content (AvgIpc) is 2.94. The third kappa shape index (κ3) is 4.28. The molecule has 0 atom stereocenters. The van der Waals surface area contributed by atoms with Crippen molar-refractivity contribution in [2.45, 2.75) is 0 Å². The van der Waals surface area contributed by atoms with Crippen molar-refractivity contribution < 1.29 is 4.79 Å². The normalized spacial score (nSPS) is 11.0. The van der Waals surface area contributed by atoms with Crippen LogP contribution >= 0.6 is 22.9 Å². The Morgan fingerprint density at radius 1 is 1.26 bits per heavy atom. The van der Waals surface area contributed by atoms with Crippen LogP contribution in [0.25, 0.3) is 10.2 Å². The summed E-state index contributed by atoms with van der Waals surface area (Å²) in [6.45, 7) is 0.0625. The molecule has 1 aromatic heterocycles. The lowest BCUT2D eigenvalue weighted by Crippen LogP contribution is -2.24. The number of nitrogens with one attached hydrogen (secondary N) is 2. The van der Waals surface area contributed by atoms with Gasteiger partial charge in [0.05, 0.1) is 16.4 Å². The molecule has 1 heterocycles. The highest BCUT2D eigenvalue weighted by molar-refractivity contribution is 7.22. The third-order valence-electron chi connectivity index (χ3n) is 2.93. The lowest BCUT2D eigenvalue weighted by atomic mass is 10.2. The Labute approximate surface area is 142 Å². The van der Waals surface area contributed by atoms with E-state index in [0.29, 0.717) is 10.2 Å². The number of halogens is 1. The number of anilines is 1. The minimum absolute atomic E-state index is 0.0625. The molecule has 5 nitrogen and oxygen atoms in total. The van der Waals surface area contributed by atoms with E-state index in [-0.39, 0.29) is 12.5 Å². The Kier molecular flexibility index (Phi) is 4.85. The molecular weight excluding hydrogens is 332 g/mol. The van der Waals surface area contributed by atoms with Crippen LogP contribution in [-0.4, -0.2) is 23.7 Å². The lowest BCUT2D eigenvalue weighted by molar-refractivity contribution is -0.115. The molecule has 2 N–H and O–H groups in total. The van der Waals surface area contributed by atoms with Gasteiger partial charge in [-0.25, -0.2) is 4.98 Å². The fourth-order valence-electron chi connectivity index (χ4n) is 1.91. The van der Waals surface area contributed by atoms with Gasteiger partial charge in [-0.05, 0) is 29.8 Å². The molecule has 0 unspecified atom stereocenters. The maximum Gasteiger partial charge on any atom is 0.247 e. The first kappa shape index (κ1) is 15.5. The molecule has 7 heteroatoms. The fraction of sp³-hybridized carbons (Fsp3) is 0.0625. The molecule has 3 rings (SSSR count). The van der Waals surface area contributed by atoms with E-state index in [2.05, 4.69) is 20.8 Å². The predicted molar refractivity (Wildman–Crippen MR) is 95.3 cm³/mol. The van der Waals surface area contributed by atoms with Gasteiger partial charge in [0.15, 0.2) is 5.13 Å². The number of carbonyl (C=O) groups excluding carboxylic acids is 1. The van der Waals surface area contributed by atoms with Gasteiger partial charge in [-0.2, -0.15) is 5.10 Å². The summed E-state index contributed by atoms with van der Waals surface area (Å²) in [6, 6.07) is 15.0. The quantitative estimate of drug-likeness (QED) is 0.550. The minimum atomic E-state index is -0.202. The number of carbonyl (C=O) groups is 1. The summed E-state index contributed by atoms with van der Waals surface area (Å²) in [6.07, 6.45) is 1.61. The van der Waals surface area contributed by atoms with Gasteiger partial charge in [-0.1, -0.05) is 47.2 Å². The Morgan fingerprint density at radius 2 is 2.13 bits per heavy atom. The molecule has 0 saturated carbocycles. The highest BCUT2D eigenvalue weighted by atomic mass is 35.5. The van der Waals surface area contributed by atoms with Crippen molar-refractivity contribution in [2.75, 3.05) is 11.9 Å². The van der Waals surface area contributed by atoms with Crippen LogP contribution in [0.5, 0.6) is 0 Å². The number of fused-ring (bicyclic) bond motifs is 1. The Bertz CT molecular complexity index is 829. The van der Waals surface area contributed by atoms with E-state index in [1.165, 1.54) is 11.3 Å². The monoisotopic (exact) mass is 344 g/mol. The van der Waals surface area contributed by atoms with Crippen LogP contribution in [0.3, 0.4) is 0 Å². The van der Waals surface area contributed by atoms with Crippen molar-refractivity contribution >= 4 is 50.4 Å². The highest BCUT2D eigenvalue weighted by Gasteiger charge is 2.06. The summed E-state index contributed by atoms with van der Waals surface area (Å²) in [7, 11) is 0. The van der Waals surface area contributed by atoms with E-state index < -0.39 is 0 Å². The van der Waals surface area contributed by atoms with E-state index in [9.17, 15) is 4.79 Å². The maximum atomic E-state index is 11.9. The van der Waals surface area contributed by atoms with E-state index in [4.69, 9.17) is 11.6 Å². The molecule has 116 valence electrons. The molecule has 0 fully saturated rings. The van der Waals surface area contributed by atoms with Crippen molar-refractivity contribution in [2.24, 2.45) is 5.10 Å². The van der Waals surface area contributed by atoms with Crippen molar-refractivity contribution in [3.8, 4) is 0 Å². The largest absolute Gasteiger partial charge is 0.301 e. The molecule has 0 radical (unpaired) electrons. The van der Waals surface area contributed by atoms with Gasteiger partial charge in [0, 0.05) is 5.02 Å². The molecule has 0 bridgehead atoms. The Balaban J connectivity index is 1.51. The predicted octanol–water partition coefficient (Wildman–Crippen LogP) is 3.51. The molecular formula is C16H13ClN4OS. The zero-order valence-corrected chi connectivity index (χ0v) is 13.6. The van der Waals surface area contributed by atoms with Crippen LogP contribution in [0.4, 0.5) is 5.13 Å². The van der Waals surface area contributed by atoms with Gasteiger partial charge in [-0.15, -0.1) is 0 Å². The third-order valence-corrected chi connectivity index (χ3v) is 4.12. The molecule has 2 aromatic carbocycles.